The zero-order valence-electron chi connectivity index (χ0n) is 10.7. The van der Waals surface area contributed by atoms with E-state index in [2.05, 4.69) is 10.3 Å². The largest absolute Gasteiger partial charge is 0.357 e. The Labute approximate surface area is 120 Å². The van der Waals surface area contributed by atoms with Crippen molar-refractivity contribution in [1.29, 1.82) is 0 Å². The van der Waals surface area contributed by atoms with Gasteiger partial charge in [-0.15, -0.1) is 11.3 Å². The van der Waals surface area contributed by atoms with Gasteiger partial charge >= 0.3 is 0 Å². The number of benzene rings is 2. The van der Waals surface area contributed by atoms with Gasteiger partial charge in [0.1, 0.15) is 5.82 Å². The van der Waals surface area contributed by atoms with Crippen LogP contribution in [-0.4, -0.2) is 4.98 Å². The van der Waals surface area contributed by atoms with Crippen LogP contribution in [0.15, 0.2) is 60.0 Å². The summed E-state index contributed by atoms with van der Waals surface area (Å²) in [4.78, 5) is 4.55. The SMILES string of the molecule is Fc1ccc(CNc2nc(-c3ccccc3)cs2)cc1. The Morgan fingerprint density at radius 2 is 1.75 bits per heavy atom. The van der Waals surface area contributed by atoms with Gasteiger partial charge in [0.05, 0.1) is 5.69 Å². The number of rotatable bonds is 4. The molecule has 0 saturated carbocycles. The molecule has 2 nitrogen and oxygen atoms in total. The quantitative estimate of drug-likeness (QED) is 0.759. The molecule has 0 aliphatic carbocycles. The molecule has 1 aromatic heterocycles. The third kappa shape index (κ3) is 3.03. The van der Waals surface area contributed by atoms with Crippen molar-refractivity contribution < 1.29 is 4.39 Å². The second-order valence-corrected chi connectivity index (χ2v) is 5.24. The lowest BCUT2D eigenvalue weighted by Gasteiger charge is -2.02. The van der Waals surface area contributed by atoms with Crippen molar-refractivity contribution in [3.05, 3.63) is 71.4 Å². The summed E-state index contributed by atoms with van der Waals surface area (Å²) in [6.45, 7) is 0.641. The highest BCUT2D eigenvalue weighted by molar-refractivity contribution is 7.14. The van der Waals surface area contributed by atoms with Crippen LogP contribution < -0.4 is 5.32 Å². The minimum absolute atomic E-state index is 0.214. The molecule has 0 atom stereocenters. The van der Waals surface area contributed by atoms with E-state index in [1.165, 1.54) is 12.1 Å². The first-order chi connectivity index (χ1) is 9.81. The highest BCUT2D eigenvalue weighted by atomic mass is 32.1. The van der Waals surface area contributed by atoms with Gasteiger partial charge in [0.25, 0.3) is 0 Å². The summed E-state index contributed by atoms with van der Waals surface area (Å²) in [5, 5.41) is 6.15. The molecule has 0 spiro atoms. The molecule has 0 fully saturated rings. The van der Waals surface area contributed by atoms with Crippen LogP contribution in [0, 0.1) is 5.82 Å². The van der Waals surface area contributed by atoms with E-state index in [9.17, 15) is 4.39 Å². The van der Waals surface area contributed by atoms with E-state index in [-0.39, 0.29) is 5.82 Å². The van der Waals surface area contributed by atoms with Crippen LogP contribution >= 0.6 is 11.3 Å². The van der Waals surface area contributed by atoms with Crippen molar-refractivity contribution in [2.24, 2.45) is 0 Å². The van der Waals surface area contributed by atoms with Gasteiger partial charge in [-0.1, -0.05) is 42.5 Å². The zero-order chi connectivity index (χ0) is 13.8. The fourth-order valence-electron chi connectivity index (χ4n) is 1.88. The summed E-state index contributed by atoms with van der Waals surface area (Å²) in [6, 6.07) is 16.5. The van der Waals surface area contributed by atoms with Crippen LogP contribution in [-0.2, 0) is 6.54 Å². The first kappa shape index (κ1) is 12.8. The molecule has 2 aromatic carbocycles. The summed E-state index contributed by atoms with van der Waals surface area (Å²) in [7, 11) is 0. The Morgan fingerprint density at radius 3 is 2.50 bits per heavy atom. The number of aromatic nitrogens is 1. The van der Waals surface area contributed by atoms with E-state index in [0.717, 1.165) is 22.0 Å². The Morgan fingerprint density at radius 1 is 1.00 bits per heavy atom. The maximum Gasteiger partial charge on any atom is 0.183 e. The van der Waals surface area contributed by atoms with E-state index in [1.807, 2.05) is 35.7 Å². The average molecular weight is 284 g/mol. The molecule has 1 N–H and O–H groups in total. The molecule has 0 saturated heterocycles. The number of hydrogen-bond donors (Lipinski definition) is 1. The number of halogens is 1. The lowest BCUT2D eigenvalue weighted by Crippen LogP contribution is -1.98. The van der Waals surface area contributed by atoms with E-state index in [0.29, 0.717) is 6.54 Å². The van der Waals surface area contributed by atoms with Crippen molar-refractivity contribution >= 4 is 16.5 Å². The molecule has 0 aliphatic heterocycles. The average Bonchev–Trinajstić information content (AvgIpc) is 2.97. The summed E-state index contributed by atoms with van der Waals surface area (Å²) in [5.41, 5.74) is 3.11. The van der Waals surface area contributed by atoms with Crippen molar-refractivity contribution in [2.75, 3.05) is 5.32 Å². The Balaban J connectivity index is 1.67. The van der Waals surface area contributed by atoms with Crippen LogP contribution in [0.4, 0.5) is 9.52 Å². The number of anilines is 1. The van der Waals surface area contributed by atoms with Crippen LogP contribution in [0.25, 0.3) is 11.3 Å². The summed E-state index contributed by atoms with van der Waals surface area (Å²) in [5.74, 6) is -0.214. The zero-order valence-corrected chi connectivity index (χ0v) is 11.5. The molecule has 20 heavy (non-hydrogen) atoms. The van der Waals surface area contributed by atoms with Crippen LogP contribution in [0.5, 0.6) is 0 Å². The minimum Gasteiger partial charge on any atom is -0.357 e. The van der Waals surface area contributed by atoms with E-state index in [1.54, 1.807) is 23.5 Å². The van der Waals surface area contributed by atoms with Crippen molar-refractivity contribution in [3.8, 4) is 11.3 Å². The first-order valence-electron chi connectivity index (χ1n) is 6.30. The normalized spacial score (nSPS) is 10.4. The van der Waals surface area contributed by atoms with Gasteiger partial charge in [-0.3, -0.25) is 0 Å². The maximum atomic E-state index is 12.8. The monoisotopic (exact) mass is 284 g/mol. The molecule has 0 aliphatic rings. The molecule has 0 bridgehead atoms. The van der Waals surface area contributed by atoms with Gasteiger partial charge in [0, 0.05) is 17.5 Å². The topological polar surface area (TPSA) is 24.9 Å². The molecular weight excluding hydrogens is 271 g/mol. The lowest BCUT2D eigenvalue weighted by atomic mass is 10.2. The van der Waals surface area contributed by atoms with E-state index >= 15 is 0 Å². The Hall–Kier alpha value is -2.20. The van der Waals surface area contributed by atoms with Crippen LogP contribution in [0.3, 0.4) is 0 Å². The predicted octanol–water partition coefficient (Wildman–Crippen LogP) is 4.56. The van der Waals surface area contributed by atoms with Crippen molar-refractivity contribution in [3.63, 3.8) is 0 Å². The molecule has 3 rings (SSSR count). The fraction of sp³-hybridized carbons (Fsp3) is 0.0625. The molecule has 3 aromatic rings. The number of hydrogen-bond acceptors (Lipinski definition) is 3. The van der Waals surface area contributed by atoms with Gasteiger partial charge in [-0.25, -0.2) is 9.37 Å². The van der Waals surface area contributed by atoms with Crippen molar-refractivity contribution in [2.45, 2.75) is 6.54 Å². The molecule has 0 radical (unpaired) electrons. The fourth-order valence-corrected chi connectivity index (χ4v) is 2.59. The Kier molecular flexibility index (Phi) is 3.74. The Bertz CT molecular complexity index is 677. The minimum atomic E-state index is -0.214. The first-order valence-corrected chi connectivity index (χ1v) is 7.18. The summed E-state index contributed by atoms with van der Waals surface area (Å²) < 4.78 is 12.8. The van der Waals surface area contributed by atoms with Gasteiger partial charge in [0.2, 0.25) is 0 Å². The number of nitrogens with zero attached hydrogens (tertiary/aromatic N) is 1. The molecule has 4 heteroatoms. The van der Waals surface area contributed by atoms with Gasteiger partial charge in [-0.2, -0.15) is 0 Å². The second kappa shape index (κ2) is 5.84. The molecule has 0 unspecified atom stereocenters. The maximum absolute atomic E-state index is 12.8. The highest BCUT2D eigenvalue weighted by Crippen LogP contribution is 2.24. The molecule has 0 amide bonds. The van der Waals surface area contributed by atoms with E-state index < -0.39 is 0 Å². The summed E-state index contributed by atoms with van der Waals surface area (Å²) in [6.07, 6.45) is 0. The molecular formula is C16H13FN2S. The lowest BCUT2D eigenvalue weighted by molar-refractivity contribution is 0.627. The smallest absolute Gasteiger partial charge is 0.183 e. The van der Waals surface area contributed by atoms with Crippen LogP contribution in [0.1, 0.15) is 5.56 Å². The number of thiazole rings is 1. The molecule has 100 valence electrons. The number of nitrogens with one attached hydrogen (secondary N) is 1. The van der Waals surface area contributed by atoms with Gasteiger partial charge < -0.3 is 5.32 Å². The predicted molar refractivity (Wildman–Crippen MR) is 81.3 cm³/mol. The second-order valence-electron chi connectivity index (χ2n) is 4.38. The van der Waals surface area contributed by atoms with Crippen molar-refractivity contribution in [1.82, 2.24) is 4.98 Å². The molecule has 1 heterocycles. The van der Waals surface area contributed by atoms with Crippen LogP contribution in [0.2, 0.25) is 0 Å². The third-order valence-corrected chi connectivity index (χ3v) is 3.73. The standard InChI is InChI=1S/C16H13FN2S/c17-14-8-6-12(7-9-14)10-18-16-19-15(11-20-16)13-4-2-1-3-5-13/h1-9,11H,10H2,(H,18,19). The van der Waals surface area contributed by atoms with E-state index in [4.69, 9.17) is 0 Å². The third-order valence-electron chi connectivity index (χ3n) is 2.93. The van der Waals surface area contributed by atoms with Gasteiger partial charge in [0.15, 0.2) is 5.13 Å². The summed E-state index contributed by atoms with van der Waals surface area (Å²) >= 11 is 1.57. The highest BCUT2D eigenvalue weighted by Gasteiger charge is 2.03. The van der Waals surface area contributed by atoms with Gasteiger partial charge in [-0.05, 0) is 17.7 Å².